The summed E-state index contributed by atoms with van der Waals surface area (Å²) in [6, 6.07) is 11.1. The molecule has 0 spiro atoms. The van der Waals surface area contributed by atoms with E-state index in [0.717, 1.165) is 26.1 Å². The predicted molar refractivity (Wildman–Crippen MR) is 157 cm³/mol. The second-order valence-corrected chi connectivity index (χ2v) is 11.2. The fourth-order valence-electron chi connectivity index (χ4n) is 3.74. The van der Waals surface area contributed by atoms with Gasteiger partial charge in [0, 0.05) is 34.5 Å². The van der Waals surface area contributed by atoms with Crippen molar-refractivity contribution in [2.24, 2.45) is 0 Å². The molecule has 4 N–H and O–H groups in total. The number of nitrogens with zero attached hydrogens (tertiary/aromatic N) is 3. The third-order valence-electron chi connectivity index (χ3n) is 5.53. The van der Waals surface area contributed by atoms with Crippen molar-refractivity contribution in [2.75, 3.05) is 37.7 Å². The SMILES string of the molecule is COc1cc(Nc2nc(N)c(-c3nc(-c4cccc(NC(=O)c5cnc(C)s5)c4)cs3)s2)cc(OC)c1OC. The number of nitrogens with two attached hydrogens (primary N) is 1. The van der Waals surface area contributed by atoms with Gasteiger partial charge in [0.2, 0.25) is 5.75 Å². The van der Waals surface area contributed by atoms with E-state index in [0.29, 0.717) is 44.4 Å². The molecule has 3 aromatic heterocycles. The summed E-state index contributed by atoms with van der Waals surface area (Å²) in [5.41, 5.74) is 9.29. The molecule has 0 aliphatic rings. The van der Waals surface area contributed by atoms with Crippen LogP contribution in [0, 0.1) is 6.92 Å². The molecule has 0 aliphatic heterocycles. The highest BCUT2D eigenvalue weighted by atomic mass is 32.1. The van der Waals surface area contributed by atoms with Crippen LogP contribution in [0.3, 0.4) is 0 Å². The molecule has 0 radical (unpaired) electrons. The number of anilines is 4. The summed E-state index contributed by atoms with van der Waals surface area (Å²) in [5, 5.41) is 10.3. The largest absolute Gasteiger partial charge is 0.493 e. The van der Waals surface area contributed by atoms with Crippen LogP contribution in [0.2, 0.25) is 0 Å². The summed E-state index contributed by atoms with van der Waals surface area (Å²) in [7, 11) is 4.68. The molecule has 0 fully saturated rings. The molecule has 39 heavy (non-hydrogen) atoms. The quantitative estimate of drug-likeness (QED) is 0.184. The molecule has 0 bridgehead atoms. The number of methoxy groups -OCH3 is 3. The molecule has 5 rings (SSSR count). The molecule has 1 amide bonds. The normalized spacial score (nSPS) is 10.8. The van der Waals surface area contributed by atoms with Crippen molar-refractivity contribution < 1.29 is 19.0 Å². The Morgan fingerprint density at radius 1 is 0.974 bits per heavy atom. The van der Waals surface area contributed by atoms with Crippen molar-refractivity contribution in [3.63, 3.8) is 0 Å². The molecule has 5 aromatic rings. The number of thiazole rings is 3. The van der Waals surface area contributed by atoms with Gasteiger partial charge in [0.1, 0.15) is 20.6 Å². The average Bonchev–Trinajstić information content (AvgIpc) is 3.68. The lowest BCUT2D eigenvalue weighted by molar-refractivity contribution is 0.103. The summed E-state index contributed by atoms with van der Waals surface area (Å²) < 4.78 is 16.3. The number of carbonyl (C=O) groups excluding carboxylic acids is 1. The highest BCUT2D eigenvalue weighted by Gasteiger charge is 2.18. The van der Waals surface area contributed by atoms with Gasteiger partial charge in [-0.3, -0.25) is 4.79 Å². The topological polar surface area (TPSA) is 134 Å². The Morgan fingerprint density at radius 3 is 2.41 bits per heavy atom. The van der Waals surface area contributed by atoms with E-state index in [1.807, 2.05) is 36.6 Å². The van der Waals surface area contributed by atoms with E-state index in [4.69, 9.17) is 24.9 Å². The molecule has 10 nitrogen and oxygen atoms in total. The van der Waals surface area contributed by atoms with Crippen LogP contribution in [0.5, 0.6) is 17.2 Å². The first-order chi connectivity index (χ1) is 18.9. The Kier molecular flexibility index (Phi) is 7.63. The van der Waals surface area contributed by atoms with Gasteiger partial charge in [-0.15, -0.1) is 22.7 Å². The number of hydrogen-bond donors (Lipinski definition) is 3. The zero-order valence-electron chi connectivity index (χ0n) is 21.4. The lowest BCUT2D eigenvalue weighted by atomic mass is 10.1. The molecule has 3 heterocycles. The van der Waals surface area contributed by atoms with E-state index < -0.39 is 0 Å². The van der Waals surface area contributed by atoms with E-state index in [1.54, 1.807) is 39.7 Å². The fraction of sp³-hybridized carbons (Fsp3) is 0.154. The maximum Gasteiger partial charge on any atom is 0.267 e. The number of ether oxygens (including phenoxy) is 3. The Hall–Kier alpha value is -4.20. The molecule has 200 valence electrons. The van der Waals surface area contributed by atoms with Crippen LogP contribution in [-0.2, 0) is 0 Å². The zero-order chi connectivity index (χ0) is 27.5. The van der Waals surface area contributed by atoms with Crippen molar-refractivity contribution in [2.45, 2.75) is 6.92 Å². The number of rotatable bonds is 9. The van der Waals surface area contributed by atoms with Gasteiger partial charge in [-0.05, 0) is 19.1 Å². The number of hydrogen-bond acceptors (Lipinski definition) is 12. The van der Waals surface area contributed by atoms with Gasteiger partial charge in [0.25, 0.3) is 5.91 Å². The van der Waals surface area contributed by atoms with E-state index in [9.17, 15) is 4.79 Å². The van der Waals surface area contributed by atoms with Crippen molar-refractivity contribution in [3.05, 3.63) is 57.9 Å². The molecule has 0 unspecified atom stereocenters. The van der Waals surface area contributed by atoms with Crippen molar-refractivity contribution in [1.82, 2.24) is 15.0 Å². The Morgan fingerprint density at radius 2 is 1.74 bits per heavy atom. The van der Waals surface area contributed by atoms with Crippen molar-refractivity contribution >= 4 is 62.2 Å². The Labute approximate surface area is 236 Å². The average molecular weight is 581 g/mol. The van der Waals surface area contributed by atoms with Crippen LogP contribution in [-0.4, -0.2) is 42.2 Å². The van der Waals surface area contributed by atoms with E-state index >= 15 is 0 Å². The third-order valence-corrected chi connectivity index (χ3v) is 8.42. The number of nitrogen functional groups attached to an aromatic ring is 1. The third kappa shape index (κ3) is 5.65. The maximum absolute atomic E-state index is 12.5. The lowest BCUT2D eigenvalue weighted by Crippen LogP contribution is -2.10. The van der Waals surface area contributed by atoms with Crippen LogP contribution in [0.25, 0.3) is 21.1 Å². The fourth-order valence-corrected chi connectivity index (χ4v) is 6.25. The van der Waals surface area contributed by atoms with Crippen LogP contribution >= 0.6 is 34.0 Å². The number of carbonyl (C=O) groups is 1. The highest BCUT2D eigenvalue weighted by Crippen LogP contribution is 2.43. The lowest BCUT2D eigenvalue weighted by Gasteiger charge is -2.14. The molecule has 2 aromatic carbocycles. The van der Waals surface area contributed by atoms with Gasteiger partial charge in [-0.1, -0.05) is 23.5 Å². The van der Waals surface area contributed by atoms with Crippen molar-refractivity contribution in [1.29, 1.82) is 0 Å². The molecular formula is C26H24N6O4S3. The van der Waals surface area contributed by atoms with E-state index in [2.05, 4.69) is 20.6 Å². The Balaban J connectivity index is 1.35. The van der Waals surface area contributed by atoms with Gasteiger partial charge in [-0.2, -0.15) is 0 Å². The summed E-state index contributed by atoms with van der Waals surface area (Å²) in [4.78, 5) is 27.3. The number of nitrogens with one attached hydrogen (secondary N) is 2. The molecular weight excluding hydrogens is 557 g/mol. The number of aryl methyl sites for hydroxylation is 1. The first-order valence-electron chi connectivity index (χ1n) is 11.5. The van der Waals surface area contributed by atoms with Gasteiger partial charge in [0.05, 0.1) is 38.2 Å². The zero-order valence-corrected chi connectivity index (χ0v) is 23.8. The van der Waals surface area contributed by atoms with Gasteiger partial charge in [-0.25, -0.2) is 15.0 Å². The summed E-state index contributed by atoms with van der Waals surface area (Å²) >= 11 is 4.21. The maximum atomic E-state index is 12.5. The number of benzene rings is 2. The van der Waals surface area contributed by atoms with Crippen LogP contribution in [0.4, 0.5) is 22.3 Å². The molecule has 0 atom stereocenters. The predicted octanol–water partition coefficient (Wildman–Crippen LogP) is 6.30. The number of aromatic nitrogens is 3. The van der Waals surface area contributed by atoms with Crippen LogP contribution in [0.1, 0.15) is 14.7 Å². The van der Waals surface area contributed by atoms with Crippen LogP contribution in [0.15, 0.2) is 48.0 Å². The van der Waals surface area contributed by atoms with Gasteiger partial charge in [0.15, 0.2) is 16.6 Å². The smallest absolute Gasteiger partial charge is 0.267 e. The van der Waals surface area contributed by atoms with Crippen LogP contribution < -0.4 is 30.6 Å². The minimum absolute atomic E-state index is 0.193. The standard InChI is InChI=1S/C26H24N6O4S3/c1-13-28-11-20(38-13)24(33)29-15-7-5-6-14(8-15)17-12-37-25(31-17)22-23(27)32-26(39-22)30-16-9-18(34-2)21(36-4)19(10-16)35-3/h5-12H,27H2,1-4H3,(H,29,33)(H,30,32). The molecule has 0 saturated heterocycles. The second kappa shape index (κ2) is 11.3. The van der Waals surface area contributed by atoms with E-state index in [1.165, 1.54) is 34.0 Å². The monoisotopic (exact) mass is 580 g/mol. The van der Waals surface area contributed by atoms with Gasteiger partial charge < -0.3 is 30.6 Å². The molecule has 0 saturated carbocycles. The van der Waals surface area contributed by atoms with Gasteiger partial charge >= 0.3 is 0 Å². The first kappa shape index (κ1) is 26.4. The van der Waals surface area contributed by atoms with E-state index in [-0.39, 0.29) is 5.91 Å². The van der Waals surface area contributed by atoms with Crippen molar-refractivity contribution in [3.8, 4) is 38.4 Å². The first-order valence-corrected chi connectivity index (χ1v) is 14.0. The second-order valence-electron chi connectivity index (χ2n) is 8.09. The Bertz CT molecular complexity index is 1620. The minimum Gasteiger partial charge on any atom is -0.493 e. The number of amides is 1. The molecule has 0 aliphatic carbocycles. The molecule has 13 heteroatoms. The summed E-state index contributed by atoms with van der Waals surface area (Å²) in [6.07, 6.45) is 1.58. The minimum atomic E-state index is -0.193. The summed E-state index contributed by atoms with van der Waals surface area (Å²) in [5.74, 6) is 1.73. The highest BCUT2D eigenvalue weighted by molar-refractivity contribution is 7.23. The summed E-state index contributed by atoms with van der Waals surface area (Å²) in [6.45, 7) is 1.87.